The number of carbonyl (C=O) groups excluding carboxylic acids is 1. The molecule has 4 heteroatoms. The first-order valence-electron chi connectivity index (χ1n) is 5.53. The zero-order chi connectivity index (χ0) is 12.5. The molecule has 0 saturated carbocycles. The van der Waals surface area contributed by atoms with E-state index in [1.807, 2.05) is 30.3 Å². The third-order valence-corrected chi connectivity index (χ3v) is 2.78. The Kier molecular flexibility index (Phi) is 2.98. The summed E-state index contributed by atoms with van der Waals surface area (Å²) in [6.07, 6.45) is -0.318. The maximum atomic E-state index is 11.7. The first kappa shape index (κ1) is 11.8. The van der Waals surface area contributed by atoms with Crippen LogP contribution in [0.1, 0.15) is 25.5 Å². The fraction of sp³-hybridized carbons (Fsp3) is 0.385. The molecule has 0 fully saturated rings. The number of carbonyl (C=O) groups is 1. The summed E-state index contributed by atoms with van der Waals surface area (Å²) in [5, 5.41) is 2.78. The van der Waals surface area contributed by atoms with Gasteiger partial charge in [0.05, 0.1) is 0 Å². The number of hydrogen-bond acceptors (Lipinski definition) is 3. The second kappa shape index (κ2) is 4.30. The van der Waals surface area contributed by atoms with Crippen LogP contribution >= 0.6 is 0 Å². The highest BCUT2D eigenvalue weighted by Gasteiger charge is 2.37. The summed E-state index contributed by atoms with van der Waals surface area (Å²) in [6.45, 7) is 3.57. The smallest absolute Gasteiger partial charge is 0.252 e. The minimum atomic E-state index is -0.707. The van der Waals surface area contributed by atoms with Gasteiger partial charge in [-0.05, 0) is 19.4 Å². The summed E-state index contributed by atoms with van der Waals surface area (Å²) in [6, 6.07) is 9.71. The Labute approximate surface area is 101 Å². The molecule has 1 amide bonds. The number of amides is 1. The molecule has 1 aromatic rings. The number of amidine groups is 1. The van der Waals surface area contributed by atoms with Gasteiger partial charge in [-0.25, -0.2) is 0 Å². The molecule has 4 nitrogen and oxygen atoms in total. The van der Waals surface area contributed by atoms with E-state index in [9.17, 15) is 4.79 Å². The van der Waals surface area contributed by atoms with Crippen molar-refractivity contribution in [2.45, 2.75) is 25.5 Å². The molecule has 1 unspecified atom stereocenters. The monoisotopic (exact) mass is 232 g/mol. The first-order valence-corrected chi connectivity index (χ1v) is 5.53. The lowest BCUT2D eigenvalue weighted by Crippen LogP contribution is -2.36. The summed E-state index contributed by atoms with van der Waals surface area (Å²) in [5.74, 6) is 0.485. The van der Waals surface area contributed by atoms with Crippen molar-refractivity contribution < 1.29 is 9.53 Å². The molecule has 0 saturated heterocycles. The second-order valence-corrected chi connectivity index (χ2v) is 4.54. The fourth-order valence-electron chi connectivity index (χ4n) is 1.81. The number of aliphatic imine (C=N–C) groups is 1. The summed E-state index contributed by atoms with van der Waals surface area (Å²) in [7, 11) is 1.61. The Bertz CT molecular complexity index is 452. The van der Waals surface area contributed by atoms with Crippen LogP contribution in [0.15, 0.2) is 35.3 Å². The third kappa shape index (κ3) is 2.22. The SMILES string of the molecule is COC(C1=NC(C)(C)C(=O)N1)c1ccccc1. The summed E-state index contributed by atoms with van der Waals surface area (Å²) in [4.78, 5) is 16.1. The van der Waals surface area contributed by atoms with Gasteiger partial charge in [-0.1, -0.05) is 30.3 Å². The second-order valence-electron chi connectivity index (χ2n) is 4.54. The number of hydrogen-bond donors (Lipinski definition) is 1. The highest BCUT2D eigenvalue weighted by molar-refractivity contribution is 6.09. The van der Waals surface area contributed by atoms with Crippen LogP contribution in [0.25, 0.3) is 0 Å². The van der Waals surface area contributed by atoms with Crippen molar-refractivity contribution in [3.8, 4) is 0 Å². The molecule has 1 atom stereocenters. The van der Waals surface area contributed by atoms with E-state index < -0.39 is 5.54 Å². The highest BCUT2D eigenvalue weighted by atomic mass is 16.5. The Hall–Kier alpha value is -1.68. The zero-order valence-electron chi connectivity index (χ0n) is 10.2. The topological polar surface area (TPSA) is 50.7 Å². The van der Waals surface area contributed by atoms with E-state index in [1.54, 1.807) is 21.0 Å². The third-order valence-electron chi connectivity index (χ3n) is 2.78. The van der Waals surface area contributed by atoms with Gasteiger partial charge in [0.15, 0.2) is 0 Å². The van der Waals surface area contributed by atoms with Crippen LogP contribution in [0.5, 0.6) is 0 Å². The van der Waals surface area contributed by atoms with Crippen molar-refractivity contribution in [2.75, 3.05) is 7.11 Å². The molecule has 0 radical (unpaired) electrons. The van der Waals surface area contributed by atoms with Gasteiger partial charge in [0.1, 0.15) is 17.5 Å². The van der Waals surface area contributed by atoms with Gasteiger partial charge < -0.3 is 10.1 Å². The van der Waals surface area contributed by atoms with Crippen LogP contribution in [0.4, 0.5) is 0 Å². The molecule has 2 rings (SSSR count). The van der Waals surface area contributed by atoms with Crippen molar-refractivity contribution in [1.82, 2.24) is 5.32 Å². The molecule has 1 aromatic carbocycles. The van der Waals surface area contributed by atoms with Gasteiger partial charge >= 0.3 is 0 Å². The Morgan fingerprint density at radius 2 is 1.94 bits per heavy atom. The number of rotatable bonds is 3. The van der Waals surface area contributed by atoms with Crippen LogP contribution in [0.3, 0.4) is 0 Å². The van der Waals surface area contributed by atoms with Crippen molar-refractivity contribution >= 4 is 11.7 Å². The molecular formula is C13H16N2O2. The molecule has 90 valence electrons. The molecule has 1 heterocycles. The summed E-state index contributed by atoms with van der Waals surface area (Å²) >= 11 is 0. The predicted octanol–water partition coefficient (Wildman–Crippen LogP) is 1.68. The lowest BCUT2D eigenvalue weighted by Gasteiger charge is -2.15. The average molecular weight is 232 g/mol. The van der Waals surface area contributed by atoms with Crippen molar-refractivity contribution in [3.63, 3.8) is 0 Å². The largest absolute Gasteiger partial charge is 0.369 e. The Balaban J connectivity index is 2.31. The molecule has 1 aliphatic rings. The quantitative estimate of drug-likeness (QED) is 0.862. The maximum Gasteiger partial charge on any atom is 0.252 e. The number of methoxy groups -OCH3 is 1. The Morgan fingerprint density at radius 1 is 1.29 bits per heavy atom. The fourth-order valence-corrected chi connectivity index (χ4v) is 1.81. The van der Waals surface area contributed by atoms with E-state index in [2.05, 4.69) is 10.3 Å². The molecule has 1 N–H and O–H groups in total. The number of benzene rings is 1. The lowest BCUT2D eigenvalue weighted by molar-refractivity contribution is -0.122. The van der Waals surface area contributed by atoms with Crippen molar-refractivity contribution in [2.24, 2.45) is 4.99 Å². The van der Waals surface area contributed by atoms with Gasteiger partial charge in [0, 0.05) is 7.11 Å². The molecule has 0 aromatic heterocycles. The standard InChI is InChI=1S/C13H16N2O2/c1-13(2)12(16)14-11(15-13)10(17-3)9-7-5-4-6-8-9/h4-8,10H,1-3H3,(H,14,15,16). The van der Waals surface area contributed by atoms with Gasteiger partial charge in [-0.2, -0.15) is 0 Å². The van der Waals surface area contributed by atoms with E-state index in [1.165, 1.54) is 0 Å². The van der Waals surface area contributed by atoms with E-state index in [4.69, 9.17) is 4.74 Å². The molecule has 0 aliphatic carbocycles. The normalized spacial score (nSPS) is 19.7. The van der Waals surface area contributed by atoms with E-state index >= 15 is 0 Å². The zero-order valence-corrected chi connectivity index (χ0v) is 10.2. The number of nitrogens with one attached hydrogen (secondary N) is 1. The molecular weight excluding hydrogens is 216 g/mol. The van der Waals surface area contributed by atoms with E-state index in [0.29, 0.717) is 5.84 Å². The molecule has 17 heavy (non-hydrogen) atoms. The van der Waals surface area contributed by atoms with E-state index in [0.717, 1.165) is 5.56 Å². The van der Waals surface area contributed by atoms with Crippen LogP contribution in [0.2, 0.25) is 0 Å². The molecule has 0 bridgehead atoms. The van der Waals surface area contributed by atoms with Crippen molar-refractivity contribution in [1.29, 1.82) is 0 Å². The maximum absolute atomic E-state index is 11.7. The van der Waals surface area contributed by atoms with Crippen LogP contribution in [-0.2, 0) is 9.53 Å². The molecule has 0 spiro atoms. The van der Waals surface area contributed by atoms with Crippen LogP contribution in [-0.4, -0.2) is 24.4 Å². The van der Waals surface area contributed by atoms with Gasteiger partial charge in [0.25, 0.3) is 5.91 Å². The first-order chi connectivity index (χ1) is 8.04. The van der Waals surface area contributed by atoms with Gasteiger partial charge in [-0.15, -0.1) is 0 Å². The highest BCUT2D eigenvalue weighted by Crippen LogP contribution is 2.24. The average Bonchev–Trinajstić information content (AvgIpc) is 2.56. The Morgan fingerprint density at radius 3 is 2.41 bits per heavy atom. The lowest BCUT2D eigenvalue weighted by atomic mass is 10.1. The summed E-state index contributed by atoms with van der Waals surface area (Å²) in [5.41, 5.74) is 0.271. The van der Waals surface area contributed by atoms with Crippen molar-refractivity contribution in [3.05, 3.63) is 35.9 Å². The van der Waals surface area contributed by atoms with Crippen LogP contribution in [0, 0.1) is 0 Å². The van der Waals surface area contributed by atoms with E-state index in [-0.39, 0.29) is 12.0 Å². The minimum absolute atomic E-state index is 0.0921. The number of nitrogens with zero attached hydrogens (tertiary/aromatic N) is 1. The number of ether oxygens (including phenoxy) is 1. The van der Waals surface area contributed by atoms with Gasteiger partial charge in [-0.3, -0.25) is 9.79 Å². The van der Waals surface area contributed by atoms with Gasteiger partial charge in [0.2, 0.25) is 0 Å². The summed E-state index contributed by atoms with van der Waals surface area (Å²) < 4.78 is 5.42. The minimum Gasteiger partial charge on any atom is -0.369 e. The predicted molar refractivity (Wildman–Crippen MR) is 65.8 cm³/mol. The van der Waals surface area contributed by atoms with Crippen LogP contribution < -0.4 is 5.32 Å². The molecule has 1 aliphatic heterocycles.